The molecule has 1 unspecified atom stereocenters. The highest BCUT2D eigenvalue weighted by molar-refractivity contribution is 6.00. The Morgan fingerprint density at radius 3 is 2.50 bits per heavy atom. The van der Waals surface area contributed by atoms with E-state index >= 15 is 0 Å². The largest absolute Gasteiger partial charge is 0.481 e. The summed E-state index contributed by atoms with van der Waals surface area (Å²) in [6.45, 7) is 2.27. The summed E-state index contributed by atoms with van der Waals surface area (Å²) in [5.41, 5.74) is 6.77. The molecule has 1 rings (SSSR count). The zero-order chi connectivity index (χ0) is 13.5. The van der Waals surface area contributed by atoms with Crippen molar-refractivity contribution in [2.24, 2.45) is 0 Å². The summed E-state index contributed by atoms with van der Waals surface area (Å²) in [5, 5.41) is 11.5. The number of aliphatic carboxylic acids is 1. The molecule has 98 valence electrons. The van der Waals surface area contributed by atoms with Gasteiger partial charge in [-0.1, -0.05) is 0 Å². The van der Waals surface area contributed by atoms with Crippen LogP contribution in [0.15, 0.2) is 24.3 Å². The highest BCUT2D eigenvalue weighted by atomic mass is 16.4. The second-order valence-corrected chi connectivity index (χ2v) is 4.16. The minimum absolute atomic E-state index is 0.0228. The van der Waals surface area contributed by atoms with Crippen LogP contribution in [0.3, 0.4) is 0 Å². The summed E-state index contributed by atoms with van der Waals surface area (Å²) in [7, 11) is 0. The lowest BCUT2D eigenvalue weighted by Crippen LogP contribution is -2.34. The van der Waals surface area contributed by atoms with Crippen LogP contribution in [0.5, 0.6) is 0 Å². The Morgan fingerprint density at radius 2 is 1.94 bits per heavy atom. The Labute approximate surface area is 106 Å². The van der Waals surface area contributed by atoms with E-state index in [9.17, 15) is 9.59 Å². The second kappa shape index (κ2) is 6.76. The molecule has 0 amide bonds. The van der Waals surface area contributed by atoms with E-state index in [4.69, 9.17) is 10.8 Å². The average molecular weight is 250 g/mol. The molecule has 0 heterocycles. The second-order valence-electron chi connectivity index (χ2n) is 4.16. The van der Waals surface area contributed by atoms with E-state index < -0.39 is 5.97 Å². The summed E-state index contributed by atoms with van der Waals surface area (Å²) in [4.78, 5) is 22.3. The Morgan fingerprint density at radius 1 is 1.33 bits per heavy atom. The van der Waals surface area contributed by atoms with E-state index in [-0.39, 0.29) is 18.2 Å². The van der Waals surface area contributed by atoms with Crippen LogP contribution < -0.4 is 11.1 Å². The molecule has 0 aliphatic heterocycles. The molecule has 18 heavy (non-hydrogen) atoms. The van der Waals surface area contributed by atoms with Gasteiger partial charge in [0.2, 0.25) is 0 Å². The van der Waals surface area contributed by atoms with Gasteiger partial charge in [0.1, 0.15) is 0 Å². The van der Waals surface area contributed by atoms with Crippen LogP contribution in [0.4, 0.5) is 5.69 Å². The molecule has 5 heteroatoms. The fourth-order valence-electron chi connectivity index (χ4n) is 1.55. The number of ketones is 1. The standard InChI is InChI=1S/C13H18N2O3/c1-9(15-8-2-3-12(16)17)13(18)10-4-6-11(14)7-5-10/h4-7,9,15H,2-3,8,14H2,1H3,(H,16,17). The van der Waals surface area contributed by atoms with Crippen molar-refractivity contribution in [2.75, 3.05) is 12.3 Å². The Kier molecular flexibility index (Phi) is 5.32. The SMILES string of the molecule is CC(NCCCC(=O)O)C(=O)c1ccc(N)cc1. The number of nitrogens with one attached hydrogen (secondary N) is 1. The molecular weight excluding hydrogens is 232 g/mol. The van der Waals surface area contributed by atoms with Gasteiger partial charge in [0.05, 0.1) is 6.04 Å². The van der Waals surface area contributed by atoms with Crippen LogP contribution in [-0.4, -0.2) is 29.4 Å². The third-order valence-electron chi connectivity index (χ3n) is 2.61. The minimum atomic E-state index is -0.825. The molecule has 0 saturated carbocycles. The minimum Gasteiger partial charge on any atom is -0.481 e. The molecule has 1 atom stereocenters. The molecule has 1 aromatic carbocycles. The Hall–Kier alpha value is -1.88. The van der Waals surface area contributed by atoms with Gasteiger partial charge < -0.3 is 16.2 Å². The highest BCUT2D eigenvalue weighted by Crippen LogP contribution is 2.08. The normalized spacial score (nSPS) is 12.1. The number of anilines is 1. The monoisotopic (exact) mass is 250 g/mol. The molecule has 0 radical (unpaired) electrons. The number of nitrogens with two attached hydrogens (primary N) is 1. The van der Waals surface area contributed by atoms with E-state index in [0.29, 0.717) is 24.2 Å². The van der Waals surface area contributed by atoms with E-state index in [1.807, 2.05) is 0 Å². The van der Waals surface area contributed by atoms with Crippen molar-refractivity contribution in [1.82, 2.24) is 5.32 Å². The number of rotatable bonds is 7. The number of hydrogen-bond acceptors (Lipinski definition) is 4. The van der Waals surface area contributed by atoms with Crippen molar-refractivity contribution in [3.8, 4) is 0 Å². The first-order valence-electron chi connectivity index (χ1n) is 5.85. The third kappa shape index (κ3) is 4.55. The van der Waals surface area contributed by atoms with E-state index in [2.05, 4.69) is 5.32 Å². The Balaban J connectivity index is 2.41. The molecule has 0 bridgehead atoms. The lowest BCUT2D eigenvalue weighted by atomic mass is 10.1. The van der Waals surface area contributed by atoms with Gasteiger partial charge in [-0.2, -0.15) is 0 Å². The number of carbonyl (C=O) groups excluding carboxylic acids is 1. The number of hydrogen-bond donors (Lipinski definition) is 3. The van der Waals surface area contributed by atoms with E-state index in [1.165, 1.54) is 0 Å². The van der Waals surface area contributed by atoms with Gasteiger partial charge in [-0.3, -0.25) is 9.59 Å². The van der Waals surface area contributed by atoms with Gasteiger partial charge in [-0.25, -0.2) is 0 Å². The van der Waals surface area contributed by atoms with Crippen LogP contribution in [0.25, 0.3) is 0 Å². The summed E-state index contributed by atoms with van der Waals surface area (Å²) >= 11 is 0. The summed E-state index contributed by atoms with van der Waals surface area (Å²) < 4.78 is 0. The van der Waals surface area contributed by atoms with Gasteiger partial charge in [0.25, 0.3) is 0 Å². The van der Waals surface area contributed by atoms with E-state index in [1.54, 1.807) is 31.2 Å². The van der Waals surface area contributed by atoms with Crippen LogP contribution in [0, 0.1) is 0 Å². The maximum atomic E-state index is 12.0. The first-order valence-corrected chi connectivity index (χ1v) is 5.85. The number of Topliss-reactive ketones (excluding diaryl/α,β-unsaturated/α-hetero) is 1. The van der Waals surface area contributed by atoms with Crippen molar-refractivity contribution < 1.29 is 14.7 Å². The predicted molar refractivity (Wildman–Crippen MR) is 69.5 cm³/mol. The summed E-state index contributed by atoms with van der Waals surface area (Å²) in [6, 6.07) is 6.41. The van der Waals surface area contributed by atoms with Crippen LogP contribution in [-0.2, 0) is 4.79 Å². The molecule has 4 N–H and O–H groups in total. The first kappa shape index (κ1) is 14.2. The van der Waals surface area contributed by atoms with Crippen molar-refractivity contribution in [3.63, 3.8) is 0 Å². The average Bonchev–Trinajstić information content (AvgIpc) is 2.34. The molecule has 0 fully saturated rings. The molecule has 0 aliphatic rings. The number of carboxylic acids is 1. The van der Waals surface area contributed by atoms with Gasteiger partial charge >= 0.3 is 5.97 Å². The molecule has 0 saturated heterocycles. The Bertz CT molecular complexity index is 415. The number of carboxylic acid groups (broad SMARTS) is 1. The van der Waals surface area contributed by atoms with Crippen molar-refractivity contribution in [3.05, 3.63) is 29.8 Å². The zero-order valence-corrected chi connectivity index (χ0v) is 10.3. The predicted octanol–water partition coefficient (Wildman–Crippen LogP) is 1.29. The number of nitrogen functional groups attached to an aromatic ring is 1. The van der Waals surface area contributed by atoms with Crippen LogP contribution in [0.1, 0.15) is 30.1 Å². The highest BCUT2D eigenvalue weighted by Gasteiger charge is 2.14. The topological polar surface area (TPSA) is 92.4 Å². The van der Waals surface area contributed by atoms with Gasteiger partial charge in [0, 0.05) is 17.7 Å². The number of benzene rings is 1. The van der Waals surface area contributed by atoms with Gasteiger partial charge in [-0.05, 0) is 44.2 Å². The fraction of sp³-hybridized carbons (Fsp3) is 0.385. The lowest BCUT2D eigenvalue weighted by Gasteiger charge is -2.12. The zero-order valence-electron chi connectivity index (χ0n) is 10.3. The molecule has 0 aromatic heterocycles. The molecular formula is C13H18N2O3. The molecule has 0 spiro atoms. The number of carbonyl (C=O) groups is 2. The summed E-state index contributed by atoms with van der Waals surface area (Å²) in [5.74, 6) is -0.848. The summed E-state index contributed by atoms with van der Waals surface area (Å²) in [6.07, 6.45) is 0.616. The molecule has 0 aliphatic carbocycles. The van der Waals surface area contributed by atoms with Gasteiger partial charge in [-0.15, -0.1) is 0 Å². The maximum absolute atomic E-state index is 12.0. The van der Waals surface area contributed by atoms with Crippen molar-refractivity contribution in [2.45, 2.75) is 25.8 Å². The van der Waals surface area contributed by atoms with Crippen LogP contribution in [0.2, 0.25) is 0 Å². The lowest BCUT2D eigenvalue weighted by molar-refractivity contribution is -0.137. The third-order valence-corrected chi connectivity index (χ3v) is 2.61. The molecule has 5 nitrogen and oxygen atoms in total. The smallest absolute Gasteiger partial charge is 0.303 e. The first-order chi connectivity index (χ1) is 8.50. The maximum Gasteiger partial charge on any atom is 0.303 e. The van der Waals surface area contributed by atoms with Crippen molar-refractivity contribution >= 4 is 17.4 Å². The quantitative estimate of drug-likeness (QED) is 0.385. The van der Waals surface area contributed by atoms with Gasteiger partial charge in [0.15, 0.2) is 5.78 Å². The van der Waals surface area contributed by atoms with Crippen LogP contribution >= 0.6 is 0 Å². The molecule has 1 aromatic rings. The van der Waals surface area contributed by atoms with E-state index in [0.717, 1.165) is 0 Å². The fourth-order valence-corrected chi connectivity index (χ4v) is 1.55. The van der Waals surface area contributed by atoms with Crippen molar-refractivity contribution in [1.29, 1.82) is 0 Å².